The Morgan fingerprint density at radius 2 is 1.95 bits per heavy atom. The summed E-state index contributed by atoms with van der Waals surface area (Å²) in [4.78, 5) is 24.4. The largest absolute Gasteiger partial charge is 0.480 e. The fourth-order valence-corrected chi connectivity index (χ4v) is 2.59. The minimum atomic E-state index is -1.14. The van der Waals surface area contributed by atoms with Crippen LogP contribution in [-0.4, -0.2) is 34.5 Å². The number of halogens is 3. The molecule has 0 aromatic heterocycles. The molecular weight excluding hydrogens is 324 g/mol. The average molecular weight is 334 g/mol. The molecule has 19 heavy (non-hydrogen) atoms. The van der Waals surface area contributed by atoms with Crippen LogP contribution in [0.15, 0.2) is 16.6 Å². The van der Waals surface area contributed by atoms with Crippen LogP contribution in [0.1, 0.15) is 23.2 Å². The molecule has 1 aliphatic heterocycles. The number of aliphatic carboxylic acids is 1. The lowest BCUT2D eigenvalue weighted by atomic mass is 10.1. The summed E-state index contributed by atoms with van der Waals surface area (Å²) in [6, 6.07) is 0.723. The third-order valence-corrected chi connectivity index (χ3v) is 3.70. The standard InChI is InChI=1S/C12H10BrF2NO3/c13-7-5-9(15)8(14)4-6(7)11(17)16-3-1-2-10(16)12(18)19/h4-5,10H,1-3H2,(H,18,19). The van der Waals surface area contributed by atoms with Gasteiger partial charge in [0.25, 0.3) is 5.91 Å². The van der Waals surface area contributed by atoms with Crippen LogP contribution >= 0.6 is 15.9 Å². The zero-order chi connectivity index (χ0) is 14.2. The molecule has 1 N–H and O–H groups in total. The highest BCUT2D eigenvalue weighted by Crippen LogP contribution is 2.26. The van der Waals surface area contributed by atoms with Crippen LogP contribution in [-0.2, 0) is 4.79 Å². The van der Waals surface area contributed by atoms with E-state index in [0.29, 0.717) is 19.4 Å². The quantitative estimate of drug-likeness (QED) is 0.845. The first-order valence-corrected chi connectivity index (χ1v) is 6.39. The molecule has 0 bridgehead atoms. The Labute approximate surface area is 116 Å². The van der Waals surface area contributed by atoms with E-state index < -0.39 is 29.6 Å². The number of hydrogen-bond donors (Lipinski definition) is 1. The molecule has 1 aromatic carbocycles. The van der Waals surface area contributed by atoms with Crippen LogP contribution in [0.5, 0.6) is 0 Å². The third-order valence-electron chi connectivity index (χ3n) is 3.04. The van der Waals surface area contributed by atoms with Crippen molar-refractivity contribution in [3.05, 3.63) is 33.8 Å². The van der Waals surface area contributed by atoms with Gasteiger partial charge >= 0.3 is 5.97 Å². The van der Waals surface area contributed by atoms with E-state index >= 15 is 0 Å². The fourth-order valence-electron chi connectivity index (χ4n) is 2.11. The van der Waals surface area contributed by atoms with Gasteiger partial charge in [-0.05, 0) is 40.9 Å². The lowest BCUT2D eigenvalue weighted by Crippen LogP contribution is -2.40. The Morgan fingerprint density at radius 3 is 2.58 bits per heavy atom. The van der Waals surface area contributed by atoms with Gasteiger partial charge in [0.15, 0.2) is 11.6 Å². The molecule has 0 spiro atoms. The molecule has 102 valence electrons. The number of rotatable bonds is 2. The zero-order valence-electron chi connectivity index (χ0n) is 9.70. The van der Waals surface area contributed by atoms with Gasteiger partial charge in [0, 0.05) is 11.0 Å². The summed E-state index contributed by atoms with van der Waals surface area (Å²) < 4.78 is 26.3. The Hall–Kier alpha value is -1.50. The van der Waals surface area contributed by atoms with Crippen LogP contribution in [0, 0.1) is 11.6 Å². The summed E-state index contributed by atoms with van der Waals surface area (Å²) in [7, 11) is 0. The molecule has 0 saturated carbocycles. The van der Waals surface area contributed by atoms with Crippen molar-refractivity contribution in [3.8, 4) is 0 Å². The number of hydrogen-bond acceptors (Lipinski definition) is 2. The highest BCUT2D eigenvalue weighted by atomic mass is 79.9. The molecule has 0 aliphatic carbocycles. The van der Waals surface area contributed by atoms with E-state index in [1.54, 1.807) is 0 Å². The number of nitrogens with zero attached hydrogens (tertiary/aromatic N) is 1. The second kappa shape index (κ2) is 5.24. The van der Waals surface area contributed by atoms with Crippen LogP contribution in [0.25, 0.3) is 0 Å². The SMILES string of the molecule is O=C(O)C1CCCN1C(=O)c1cc(F)c(F)cc1Br. The van der Waals surface area contributed by atoms with E-state index in [1.807, 2.05) is 0 Å². The van der Waals surface area contributed by atoms with Gasteiger partial charge in [-0.2, -0.15) is 0 Å². The number of benzene rings is 1. The fraction of sp³-hybridized carbons (Fsp3) is 0.333. The van der Waals surface area contributed by atoms with Gasteiger partial charge in [-0.1, -0.05) is 0 Å². The van der Waals surface area contributed by atoms with E-state index in [4.69, 9.17) is 5.11 Å². The Bertz CT molecular complexity index is 550. The number of likely N-dealkylation sites (tertiary alicyclic amines) is 1. The summed E-state index contributed by atoms with van der Waals surface area (Å²) in [5, 5.41) is 9.01. The molecule has 1 unspecified atom stereocenters. The number of carboxylic acids is 1. The summed E-state index contributed by atoms with van der Waals surface area (Å²) in [5.74, 6) is -3.92. The molecule has 1 saturated heterocycles. The van der Waals surface area contributed by atoms with E-state index in [-0.39, 0.29) is 10.0 Å². The molecule has 1 fully saturated rings. The predicted octanol–water partition coefficient (Wildman–Crippen LogP) is 2.42. The van der Waals surface area contributed by atoms with Crippen molar-refractivity contribution in [1.29, 1.82) is 0 Å². The molecule has 0 radical (unpaired) electrons. The van der Waals surface area contributed by atoms with Gasteiger partial charge in [0.1, 0.15) is 6.04 Å². The minimum absolute atomic E-state index is 0.0768. The zero-order valence-corrected chi connectivity index (χ0v) is 11.3. The Kier molecular flexibility index (Phi) is 3.84. The van der Waals surface area contributed by atoms with Crippen molar-refractivity contribution in [2.75, 3.05) is 6.54 Å². The van der Waals surface area contributed by atoms with Crippen molar-refractivity contribution in [1.82, 2.24) is 4.90 Å². The molecular formula is C12H10BrF2NO3. The van der Waals surface area contributed by atoms with Crippen molar-refractivity contribution in [2.45, 2.75) is 18.9 Å². The Balaban J connectivity index is 2.34. The second-order valence-electron chi connectivity index (χ2n) is 4.24. The van der Waals surface area contributed by atoms with Crippen LogP contribution < -0.4 is 0 Å². The molecule has 4 nitrogen and oxygen atoms in total. The lowest BCUT2D eigenvalue weighted by Gasteiger charge is -2.22. The molecule has 2 rings (SSSR count). The van der Waals surface area contributed by atoms with Crippen molar-refractivity contribution in [3.63, 3.8) is 0 Å². The van der Waals surface area contributed by atoms with Gasteiger partial charge in [0.05, 0.1) is 5.56 Å². The van der Waals surface area contributed by atoms with Gasteiger partial charge < -0.3 is 10.0 Å². The van der Waals surface area contributed by atoms with E-state index in [2.05, 4.69) is 15.9 Å². The molecule has 1 atom stereocenters. The first-order chi connectivity index (χ1) is 8.91. The van der Waals surface area contributed by atoms with Gasteiger partial charge in [-0.15, -0.1) is 0 Å². The van der Waals surface area contributed by atoms with Gasteiger partial charge in [0.2, 0.25) is 0 Å². The summed E-state index contributed by atoms with van der Waals surface area (Å²) >= 11 is 2.98. The van der Waals surface area contributed by atoms with Crippen molar-refractivity contribution >= 4 is 27.8 Å². The molecule has 1 amide bonds. The van der Waals surface area contributed by atoms with Crippen LogP contribution in [0.4, 0.5) is 8.78 Å². The van der Waals surface area contributed by atoms with Gasteiger partial charge in [-0.25, -0.2) is 13.6 Å². The summed E-state index contributed by atoms with van der Waals surface area (Å²) in [6.45, 7) is 0.293. The molecule has 1 aliphatic rings. The topological polar surface area (TPSA) is 57.6 Å². The maximum atomic E-state index is 13.2. The smallest absolute Gasteiger partial charge is 0.326 e. The average Bonchev–Trinajstić information content (AvgIpc) is 2.82. The highest BCUT2D eigenvalue weighted by molar-refractivity contribution is 9.10. The predicted molar refractivity (Wildman–Crippen MR) is 65.8 cm³/mol. The normalized spacial score (nSPS) is 18.7. The number of carboxylic acid groups (broad SMARTS) is 1. The lowest BCUT2D eigenvalue weighted by molar-refractivity contribution is -0.141. The first kappa shape index (κ1) is 13.9. The number of amides is 1. The van der Waals surface area contributed by atoms with Gasteiger partial charge in [-0.3, -0.25) is 4.79 Å². The minimum Gasteiger partial charge on any atom is -0.480 e. The van der Waals surface area contributed by atoms with Crippen LogP contribution in [0.2, 0.25) is 0 Å². The molecule has 1 heterocycles. The van der Waals surface area contributed by atoms with Crippen molar-refractivity contribution < 1.29 is 23.5 Å². The molecule has 7 heteroatoms. The molecule has 1 aromatic rings. The Morgan fingerprint density at radius 1 is 1.32 bits per heavy atom. The maximum absolute atomic E-state index is 13.2. The maximum Gasteiger partial charge on any atom is 0.326 e. The van der Waals surface area contributed by atoms with E-state index in [1.165, 1.54) is 4.90 Å². The second-order valence-corrected chi connectivity index (χ2v) is 5.10. The number of carbonyl (C=O) groups excluding carboxylic acids is 1. The van der Waals surface area contributed by atoms with Crippen LogP contribution in [0.3, 0.4) is 0 Å². The highest BCUT2D eigenvalue weighted by Gasteiger charge is 2.35. The summed E-state index contributed by atoms with van der Waals surface area (Å²) in [5.41, 5.74) is -0.0768. The van der Waals surface area contributed by atoms with E-state index in [0.717, 1.165) is 12.1 Å². The monoisotopic (exact) mass is 333 g/mol. The van der Waals surface area contributed by atoms with Crippen molar-refractivity contribution in [2.24, 2.45) is 0 Å². The van der Waals surface area contributed by atoms with E-state index in [9.17, 15) is 18.4 Å². The first-order valence-electron chi connectivity index (χ1n) is 5.60. The third kappa shape index (κ3) is 2.60. The number of carbonyl (C=O) groups is 2. The summed E-state index contributed by atoms with van der Waals surface area (Å²) in [6.07, 6.45) is 0.937.